The largest absolute Gasteiger partial charge is 0.480 e. The van der Waals surface area contributed by atoms with Crippen LogP contribution in [0.25, 0.3) is 0 Å². The monoisotopic (exact) mass is 1250 g/mol. The Kier molecular flexibility index (Phi) is 23.9. The third-order valence-electron chi connectivity index (χ3n) is 10.0. The highest BCUT2D eigenvalue weighted by Gasteiger charge is 2.36. The Balaban J connectivity index is 2.03. The van der Waals surface area contributed by atoms with Gasteiger partial charge in [-0.05, 0) is 71.8 Å². The molecule has 6 atom stereocenters. The highest BCUT2D eigenvalue weighted by molar-refractivity contribution is 7.82. The van der Waals surface area contributed by atoms with Crippen LogP contribution in [0.15, 0.2) is 72.8 Å². The fraction of sp³-hybridized carbons (Fsp3) is 0.366. The van der Waals surface area contributed by atoms with Crippen molar-refractivity contribution in [3.05, 3.63) is 89.5 Å². The number of carbonyl (C=O) groups excluding carboxylic acids is 7. The maximum Gasteiger partial charge on any atom is 0.448 e. The minimum atomic E-state index is -5.64. The lowest BCUT2D eigenvalue weighted by Crippen LogP contribution is -2.60. The van der Waals surface area contributed by atoms with Crippen molar-refractivity contribution in [3.63, 3.8) is 0 Å². The van der Waals surface area contributed by atoms with Gasteiger partial charge in [-0.2, -0.15) is 42.1 Å². The van der Waals surface area contributed by atoms with Gasteiger partial charge in [-0.25, -0.2) is 4.79 Å². The molecular weight excluding hydrogens is 1200 g/mol. The third-order valence-corrected chi connectivity index (χ3v) is 12.0. The summed E-state index contributed by atoms with van der Waals surface area (Å²) in [6.45, 7) is 2.93. The van der Waals surface area contributed by atoms with Crippen LogP contribution in [-0.2, 0) is 118 Å². The summed E-state index contributed by atoms with van der Waals surface area (Å²) in [6.07, 6.45) is -5.10. The molecule has 0 aliphatic carbocycles. The molecule has 13 N–H and O–H groups in total. The number of hydrogen-bond acceptors (Lipinski definition) is 24. The summed E-state index contributed by atoms with van der Waals surface area (Å²) in [7, 11) is -26.1. The van der Waals surface area contributed by atoms with Crippen molar-refractivity contribution in [2.24, 2.45) is 11.7 Å². The number of benzene rings is 3. The van der Waals surface area contributed by atoms with Gasteiger partial charge in [0.2, 0.25) is 29.5 Å². The first-order chi connectivity index (χ1) is 37.1. The SMILES string of the molecule is CC(C)C[C@H](NC(=O)[C@H](CC(=O)OS(=O)(=O)O)NC(=O)[C@@H](N)Cc1ccc(OS(=O)(=O)O)cc1)C(=O)N[C@@H](CC(=O)OS(=O)(=O)O)C(=O)N[C@@H](Cc1ccc(OS(=O)(=O)O)cc1)C(=O)N[C@@H](Cc1ccc(OS(=O)(=O)O)cc1)C(=O)O. The average molecular weight is 1250 g/mol. The standard InChI is InChI=1S/C41H50N6O29S5/c1-21(2)15-29(44-39(53)31(19-34(48)75-80(66,67)68)43-36(50)28(42)16-22-3-9-25(10-4-22)72-77(57,58)59)37(51)46-32(20-35(49)76-81(69,70)71)40(54)45-30(17-23-5-11-26(12-6-23)73-78(60,61)62)38(52)47-33(41(55)56)18-24-7-13-27(14-8-24)74-79(63,64)65/h3-14,21,28-33H,15-20,42H2,1-2H3,(H,43,50)(H,44,53)(H,45,54)(H,46,51)(H,47,52)(H,55,56)(H,57,58,59)(H,60,61,62)(H,63,64,65)(H,66,67,68)(H,69,70,71)/t28-,29-,30-,31-,32-,33-/m0/s1. The maximum atomic E-state index is 14.2. The van der Waals surface area contributed by atoms with Crippen LogP contribution in [0.1, 0.15) is 49.8 Å². The first kappa shape index (κ1) is 67.6. The second-order valence-electron chi connectivity index (χ2n) is 17.1. The van der Waals surface area contributed by atoms with Gasteiger partial charge in [0.25, 0.3) is 0 Å². The zero-order valence-electron chi connectivity index (χ0n) is 41.4. The van der Waals surface area contributed by atoms with Crippen LogP contribution in [0.4, 0.5) is 0 Å². The first-order valence-electron chi connectivity index (χ1n) is 22.3. The molecule has 0 heterocycles. The Morgan fingerprint density at radius 2 is 0.704 bits per heavy atom. The quantitative estimate of drug-likeness (QED) is 0.0280. The van der Waals surface area contributed by atoms with Crippen LogP contribution in [0.3, 0.4) is 0 Å². The highest BCUT2D eigenvalue weighted by Crippen LogP contribution is 2.19. The third kappa shape index (κ3) is 26.9. The second-order valence-corrected chi connectivity index (χ2v) is 22.2. The Morgan fingerprint density at radius 1 is 0.420 bits per heavy atom. The molecule has 40 heteroatoms. The molecule has 0 fully saturated rings. The van der Waals surface area contributed by atoms with E-state index >= 15 is 0 Å². The van der Waals surface area contributed by atoms with Crippen LogP contribution in [-0.4, -0.2) is 154 Å². The van der Waals surface area contributed by atoms with Crippen LogP contribution >= 0.6 is 0 Å². The van der Waals surface area contributed by atoms with Crippen molar-refractivity contribution in [1.82, 2.24) is 26.6 Å². The first-order valence-corrected chi connectivity index (χ1v) is 29.1. The molecule has 0 unspecified atom stereocenters. The molecular formula is C41H50N6O29S5. The average Bonchev–Trinajstić information content (AvgIpc) is 3.29. The summed E-state index contributed by atoms with van der Waals surface area (Å²) in [5, 5.41) is 20.5. The Morgan fingerprint density at radius 3 is 1.04 bits per heavy atom. The Hall–Kier alpha value is -7.67. The molecule has 3 rings (SSSR count). The summed E-state index contributed by atoms with van der Waals surface area (Å²) >= 11 is 0. The van der Waals surface area contributed by atoms with Gasteiger partial charge in [-0.3, -0.25) is 56.3 Å². The van der Waals surface area contributed by atoms with E-state index in [1.54, 1.807) is 0 Å². The van der Waals surface area contributed by atoms with E-state index in [0.29, 0.717) is 0 Å². The Labute approximate surface area is 460 Å². The van der Waals surface area contributed by atoms with Gasteiger partial charge in [0, 0.05) is 12.8 Å². The number of amides is 5. The number of carboxylic acids is 1. The fourth-order valence-electron chi connectivity index (χ4n) is 6.76. The van der Waals surface area contributed by atoms with Crippen LogP contribution in [0.5, 0.6) is 17.2 Å². The van der Waals surface area contributed by atoms with Crippen molar-refractivity contribution in [2.75, 3.05) is 0 Å². The molecule has 448 valence electrons. The molecule has 81 heavy (non-hydrogen) atoms. The molecule has 0 aliphatic rings. The maximum absolute atomic E-state index is 14.2. The molecule has 0 saturated heterocycles. The number of aliphatic carboxylic acids is 1. The van der Waals surface area contributed by atoms with Crippen molar-refractivity contribution >= 4 is 99.4 Å². The van der Waals surface area contributed by atoms with Gasteiger partial charge in [-0.1, -0.05) is 50.2 Å². The second kappa shape index (κ2) is 28.7. The van der Waals surface area contributed by atoms with E-state index in [1.165, 1.54) is 26.0 Å². The fourth-order valence-corrected chi connectivity index (χ4v) is 8.43. The molecule has 0 aliphatic heterocycles. The zero-order chi connectivity index (χ0) is 61.4. The molecule has 5 amide bonds. The number of nitrogens with two attached hydrogens (primary N) is 1. The lowest BCUT2D eigenvalue weighted by Gasteiger charge is -2.27. The van der Waals surface area contributed by atoms with E-state index < -0.39 is 192 Å². The molecule has 0 spiro atoms. The van der Waals surface area contributed by atoms with Crippen molar-refractivity contribution in [1.29, 1.82) is 0 Å². The molecule has 35 nitrogen and oxygen atoms in total. The lowest BCUT2D eigenvalue weighted by atomic mass is 10.0. The lowest BCUT2D eigenvalue weighted by molar-refractivity contribution is -0.143. The van der Waals surface area contributed by atoms with E-state index in [4.69, 9.17) is 23.9 Å². The van der Waals surface area contributed by atoms with Crippen molar-refractivity contribution in [3.8, 4) is 17.2 Å². The van der Waals surface area contributed by atoms with Crippen molar-refractivity contribution in [2.45, 2.75) is 88.6 Å². The molecule has 3 aromatic carbocycles. The molecule has 0 aromatic heterocycles. The van der Waals surface area contributed by atoms with E-state index in [0.717, 1.165) is 60.7 Å². The number of hydrogen-bond donors (Lipinski definition) is 12. The summed E-state index contributed by atoms with van der Waals surface area (Å²) in [4.78, 5) is 107. The molecule has 0 bridgehead atoms. The van der Waals surface area contributed by atoms with Gasteiger partial charge >= 0.3 is 69.9 Å². The van der Waals surface area contributed by atoms with Gasteiger partial charge < -0.3 is 58.3 Å². The zero-order valence-corrected chi connectivity index (χ0v) is 45.5. The van der Waals surface area contributed by atoms with Crippen LogP contribution in [0, 0.1) is 5.92 Å². The summed E-state index contributed by atoms with van der Waals surface area (Å²) in [6, 6.07) is 0.684. The number of rotatable bonds is 31. The van der Waals surface area contributed by atoms with Gasteiger partial charge in [0.05, 0.1) is 18.9 Å². The molecule has 0 saturated carbocycles. The summed E-state index contributed by atoms with van der Waals surface area (Å²) < 4.78 is 178. The van der Waals surface area contributed by atoms with E-state index in [-0.39, 0.29) is 22.4 Å². The smallest absolute Gasteiger partial charge is 0.448 e. The normalized spacial score (nSPS) is 14.2. The topological polar surface area (TPSA) is 561 Å². The highest BCUT2D eigenvalue weighted by atomic mass is 32.3. The number of carboxylic acid groups (broad SMARTS) is 1. The molecule has 3 aromatic rings. The summed E-state index contributed by atoms with van der Waals surface area (Å²) in [5.74, 6) is -14.7. The Bertz CT molecular complexity index is 3380. The summed E-state index contributed by atoms with van der Waals surface area (Å²) in [5.41, 5.74) is 6.29. The van der Waals surface area contributed by atoms with E-state index in [1.807, 2.05) is 10.6 Å². The predicted octanol–water partition coefficient (Wildman–Crippen LogP) is -3.39. The van der Waals surface area contributed by atoms with Gasteiger partial charge in [0.15, 0.2) is 0 Å². The molecule has 0 radical (unpaired) electrons. The van der Waals surface area contributed by atoms with Crippen molar-refractivity contribution < 1.29 is 129 Å². The minimum absolute atomic E-state index is 0.00360. The minimum Gasteiger partial charge on any atom is -0.480 e. The van der Waals surface area contributed by atoms with Crippen LogP contribution in [0.2, 0.25) is 0 Å². The van der Waals surface area contributed by atoms with Gasteiger partial charge in [0.1, 0.15) is 47.5 Å². The van der Waals surface area contributed by atoms with Crippen LogP contribution < -0.4 is 44.9 Å². The predicted molar refractivity (Wildman–Crippen MR) is 266 cm³/mol. The number of nitrogens with one attached hydrogen (secondary N) is 5. The number of carbonyl (C=O) groups is 8. The van der Waals surface area contributed by atoms with Gasteiger partial charge in [-0.15, -0.1) is 0 Å². The van der Waals surface area contributed by atoms with E-state index in [9.17, 15) is 90.1 Å². The van der Waals surface area contributed by atoms with E-state index in [2.05, 4.69) is 36.9 Å².